The van der Waals surface area contributed by atoms with E-state index >= 15 is 0 Å². The number of aliphatic hydroxyl groups excluding tert-OH is 2. The maximum atomic E-state index is 10.0. The van der Waals surface area contributed by atoms with E-state index < -0.39 is 6.10 Å². The van der Waals surface area contributed by atoms with Crippen LogP contribution in [0, 0.1) is 12.3 Å². The number of hydrogen-bond donors (Lipinski definition) is 2. The molecule has 0 amide bonds. The Kier molecular flexibility index (Phi) is 2.40. The van der Waals surface area contributed by atoms with Crippen LogP contribution in [0.25, 0.3) is 0 Å². The summed E-state index contributed by atoms with van der Waals surface area (Å²) >= 11 is 0. The van der Waals surface area contributed by atoms with E-state index in [4.69, 9.17) is 9.52 Å². The van der Waals surface area contributed by atoms with Gasteiger partial charge in [0.2, 0.25) is 0 Å². The Labute approximate surface area is 89.7 Å². The molecular formula is C12H18O3. The van der Waals surface area contributed by atoms with Gasteiger partial charge < -0.3 is 14.6 Å². The lowest BCUT2D eigenvalue weighted by molar-refractivity contribution is 0.0923. The van der Waals surface area contributed by atoms with E-state index in [9.17, 15) is 5.11 Å². The van der Waals surface area contributed by atoms with Crippen molar-refractivity contribution < 1.29 is 14.6 Å². The summed E-state index contributed by atoms with van der Waals surface area (Å²) in [5, 5.41) is 19.2. The highest BCUT2D eigenvalue weighted by Gasteiger charge is 2.35. The first-order valence-corrected chi connectivity index (χ1v) is 5.34. The second kappa shape index (κ2) is 3.35. The van der Waals surface area contributed by atoms with Crippen LogP contribution in [0.4, 0.5) is 0 Å². The zero-order chi connectivity index (χ0) is 11.2. The van der Waals surface area contributed by atoms with E-state index in [-0.39, 0.29) is 12.0 Å². The van der Waals surface area contributed by atoms with Gasteiger partial charge in [-0.15, -0.1) is 0 Å². The van der Waals surface area contributed by atoms with E-state index in [2.05, 4.69) is 13.8 Å². The van der Waals surface area contributed by atoms with Crippen molar-refractivity contribution in [2.24, 2.45) is 5.41 Å². The number of furan rings is 1. The topological polar surface area (TPSA) is 53.6 Å². The van der Waals surface area contributed by atoms with E-state index in [1.807, 2.05) is 6.92 Å². The summed E-state index contributed by atoms with van der Waals surface area (Å²) in [6.07, 6.45) is 1.14. The molecule has 2 rings (SSSR count). The molecule has 1 aromatic rings. The highest BCUT2D eigenvalue weighted by Crippen LogP contribution is 2.43. The van der Waals surface area contributed by atoms with Gasteiger partial charge in [-0.2, -0.15) is 0 Å². The van der Waals surface area contributed by atoms with Crippen LogP contribution in [0.1, 0.15) is 49.0 Å². The van der Waals surface area contributed by atoms with Crippen molar-refractivity contribution in [3.8, 4) is 0 Å². The highest BCUT2D eigenvalue weighted by atomic mass is 16.4. The van der Waals surface area contributed by atoms with E-state index in [0.29, 0.717) is 5.76 Å². The highest BCUT2D eigenvalue weighted by molar-refractivity contribution is 5.36. The monoisotopic (exact) mass is 210 g/mol. The largest absolute Gasteiger partial charge is 0.463 e. The first-order valence-electron chi connectivity index (χ1n) is 5.34. The van der Waals surface area contributed by atoms with Crippen molar-refractivity contribution in [3.05, 3.63) is 22.6 Å². The quantitative estimate of drug-likeness (QED) is 0.746. The molecule has 0 fully saturated rings. The molecule has 0 aromatic carbocycles. The first-order chi connectivity index (χ1) is 6.94. The van der Waals surface area contributed by atoms with Crippen molar-refractivity contribution in [2.75, 3.05) is 0 Å². The summed E-state index contributed by atoms with van der Waals surface area (Å²) < 4.78 is 5.58. The lowest BCUT2D eigenvalue weighted by Gasteiger charge is -2.32. The van der Waals surface area contributed by atoms with Crippen LogP contribution in [0.3, 0.4) is 0 Å². The molecule has 84 valence electrons. The standard InChI is InChI=1S/C12H18O3/c1-7-10(6-13)15-9-5-12(2,3)4-8(14)11(7)9/h8,13-14H,4-6H2,1-3H3/t8-/m0/s1. The molecular weight excluding hydrogens is 192 g/mol. The zero-order valence-corrected chi connectivity index (χ0v) is 9.50. The summed E-state index contributed by atoms with van der Waals surface area (Å²) in [5.74, 6) is 1.44. The molecule has 1 atom stereocenters. The van der Waals surface area contributed by atoms with Gasteiger partial charge in [-0.3, -0.25) is 0 Å². The molecule has 15 heavy (non-hydrogen) atoms. The fourth-order valence-corrected chi connectivity index (χ4v) is 2.49. The van der Waals surface area contributed by atoms with E-state index in [1.165, 1.54) is 0 Å². The molecule has 0 aliphatic heterocycles. The lowest BCUT2D eigenvalue weighted by Crippen LogP contribution is -2.24. The molecule has 0 bridgehead atoms. The molecule has 0 spiro atoms. The van der Waals surface area contributed by atoms with Crippen molar-refractivity contribution in [3.63, 3.8) is 0 Å². The maximum Gasteiger partial charge on any atom is 0.132 e. The number of fused-ring (bicyclic) bond motifs is 1. The van der Waals surface area contributed by atoms with Gasteiger partial charge in [0, 0.05) is 12.0 Å². The Morgan fingerprint density at radius 3 is 2.73 bits per heavy atom. The first kappa shape index (κ1) is 10.7. The zero-order valence-electron chi connectivity index (χ0n) is 9.50. The van der Waals surface area contributed by atoms with Crippen LogP contribution in [0.2, 0.25) is 0 Å². The summed E-state index contributed by atoms with van der Waals surface area (Å²) in [6, 6.07) is 0. The predicted molar refractivity (Wildman–Crippen MR) is 56.4 cm³/mol. The molecule has 3 nitrogen and oxygen atoms in total. The third kappa shape index (κ3) is 1.70. The van der Waals surface area contributed by atoms with Crippen molar-refractivity contribution >= 4 is 0 Å². The Morgan fingerprint density at radius 2 is 2.13 bits per heavy atom. The molecule has 3 heteroatoms. The smallest absolute Gasteiger partial charge is 0.132 e. The summed E-state index contributed by atoms with van der Waals surface area (Å²) in [7, 11) is 0. The average Bonchev–Trinajstić information content (AvgIpc) is 2.40. The summed E-state index contributed by atoms with van der Waals surface area (Å²) in [6.45, 7) is 6.05. The van der Waals surface area contributed by atoms with Crippen molar-refractivity contribution in [2.45, 2.75) is 46.3 Å². The van der Waals surface area contributed by atoms with Crippen LogP contribution < -0.4 is 0 Å². The third-order valence-electron chi connectivity index (χ3n) is 3.23. The van der Waals surface area contributed by atoms with Crippen LogP contribution in [0.15, 0.2) is 4.42 Å². The number of aliphatic hydroxyl groups is 2. The van der Waals surface area contributed by atoms with Gasteiger partial charge >= 0.3 is 0 Å². The fraction of sp³-hybridized carbons (Fsp3) is 0.667. The SMILES string of the molecule is Cc1c(CO)oc2c1[C@@H](O)CC(C)(C)C2. The van der Waals surface area contributed by atoms with Crippen LogP contribution in [0.5, 0.6) is 0 Å². The summed E-state index contributed by atoms with van der Waals surface area (Å²) in [4.78, 5) is 0. The molecule has 1 aliphatic carbocycles. The fourth-order valence-electron chi connectivity index (χ4n) is 2.49. The second-order valence-electron chi connectivity index (χ2n) is 5.21. The molecule has 0 saturated heterocycles. The number of hydrogen-bond acceptors (Lipinski definition) is 3. The van der Waals surface area contributed by atoms with Gasteiger partial charge in [0.15, 0.2) is 0 Å². The molecule has 1 heterocycles. The van der Waals surface area contributed by atoms with Gasteiger partial charge in [-0.1, -0.05) is 13.8 Å². The van der Waals surface area contributed by atoms with Crippen LogP contribution in [-0.2, 0) is 13.0 Å². The van der Waals surface area contributed by atoms with E-state index in [1.54, 1.807) is 0 Å². The average molecular weight is 210 g/mol. The van der Waals surface area contributed by atoms with Gasteiger partial charge in [-0.25, -0.2) is 0 Å². The van der Waals surface area contributed by atoms with Crippen molar-refractivity contribution in [1.82, 2.24) is 0 Å². The Hall–Kier alpha value is -0.800. The third-order valence-corrected chi connectivity index (χ3v) is 3.23. The minimum atomic E-state index is -0.451. The Morgan fingerprint density at radius 1 is 1.47 bits per heavy atom. The molecule has 0 saturated carbocycles. The van der Waals surface area contributed by atoms with Crippen LogP contribution in [-0.4, -0.2) is 10.2 Å². The van der Waals surface area contributed by atoms with Gasteiger partial charge in [0.05, 0.1) is 6.10 Å². The molecule has 1 aromatic heterocycles. The maximum absolute atomic E-state index is 10.0. The molecule has 1 aliphatic rings. The summed E-state index contributed by atoms with van der Waals surface area (Å²) in [5.41, 5.74) is 1.89. The van der Waals surface area contributed by atoms with E-state index in [0.717, 1.165) is 29.7 Å². The predicted octanol–water partition coefficient (Wildman–Crippen LogP) is 2.09. The Balaban J connectivity index is 2.48. The minimum absolute atomic E-state index is 0.0729. The van der Waals surface area contributed by atoms with Gasteiger partial charge in [-0.05, 0) is 24.3 Å². The van der Waals surface area contributed by atoms with Crippen molar-refractivity contribution in [1.29, 1.82) is 0 Å². The lowest BCUT2D eigenvalue weighted by atomic mass is 9.75. The molecule has 0 unspecified atom stereocenters. The Bertz CT molecular complexity index is 376. The van der Waals surface area contributed by atoms with Crippen LogP contribution >= 0.6 is 0 Å². The van der Waals surface area contributed by atoms with Gasteiger partial charge in [0.25, 0.3) is 0 Å². The second-order valence-corrected chi connectivity index (χ2v) is 5.21. The molecule has 0 radical (unpaired) electrons. The number of rotatable bonds is 1. The minimum Gasteiger partial charge on any atom is -0.463 e. The molecule has 2 N–H and O–H groups in total. The van der Waals surface area contributed by atoms with Gasteiger partial charge in [0.1, 0.15) is 18.1 Å². The normalized spacial score (nSPS) is 23.9.